The van der Waals surface area contributed by atoms with Gasteiger partial charge in [0.2, 0.25) is 5.13 Å². The molecular weight excluding hydrogens is 344 g/mol. The van der Waals surface area contributed by atoms with Gasteiger partial charge in [0, 0.05) is 23.7 Å². The van der Waals surface area contributed by atoms with Crippen LogP contribution in [0.15, 0.2) is 29.1 Å². The van der Waals surface area contributed by atoms with E-state index in [9.17, 15) is 4.79 Å². The Morgan fingerprint density at radius 1 is 1.38 bits per heavy atom. The van der Waals surface area contributed by atoms with E-state index >= 15 is 0 Å². The Labute approximate surface area is 146 Å². The SMILES string of the molecule is O=C(Nc1nnc(-c2ccsc2)s1)c1ccn(C2CCCNC2)n1. The molecule has 0 aromatic carbocycles. The molecule has 1 unspecified atom stereocenters. The Morgan fingerprint density at radius 3 is 3.12 bits per heavy atom. The molecule has 9 heteroatoms. The number of aromatic nitrogens is 4. The predicted molar refractivity (Wildman–Crippen MR) is 94.5 cm³/mol. The van der Waals surface area contributed by atoms with E-state index in [4.69, 9.17) is 0 Å². The molecule has 1 saturated heterocycles. The number of thiophene rings is 1. The van der Waals surface area contributed by atoms with Crippen LogP contribution in [0.5, 0.6) is 0 Å². The Morgan fingerprint density at radius 2 is 2.33 bits per heavy atom. The zero-order valence-electron chi connectivity index (χ0n) is 12.8. The summed E-state index contributed by atoms with van der Waals surface area (Å²) in [5, 5.41) is 23.9. The van der Waals surface area contributed by atoms with Crippen LogP contribution in [-0.2, 0) is 0 Å². The molecular formula is C15H16N6OS2. The van der Waals surface area contributed by atoms with E-state index in [0.717, 1.165) is 36.5 Å². The Hall–Kier alpha value is -2.10. The highest BCUT2D eigenvalue weighted by Gasteiger charge is 2.18. The molecule has 1 aliphatic heterocycles. The van der Waals surface area contributed by atoms with Gasteiger partial charge in [-0.15, -0.1) is 10.2 Å². The van der Waals surface area contributed by atoms with Crippen LogP contribution in [0.2, 0.25) is 0 Å². The van der Waals surface area contributed by atoms with E-state index in [1.165, 1.54) is 11.3 Å². The summed E-state index contributed by atoms with van der Waals surface area (Å²) in [6.07, 6.45) is 4.07. The summed E-state index contributed by atoms with van der Waals surface area (Å²) < 4.78 is 1.87. The molecule has 0 radical (unpaired) electrons. The summed E-state index contributed by atoms with van der Waals surface area (Å²) in [7, 11) is 0. The van der Waals surface area contributed by atoms with E-state index in [1.807, 2.05) is 27.7 Å². The molecule has 1 atom stereocenters. The van der Waals surface area contributed by atoms with E-state index in [2.05, 4.69) is 25.9 Å². The van der Waals surface area contributed by atoms with Gasteiger partial charge >= 0.3 is 0 Å². The van der Waals surface area contributed by atoms with Crippen LogP contribution in [0.3, 0.4) is 0 Å². The second-order valence-corrected chi connectivity index (χ2v) is 7.32. The first-order valence-corrected chi connectivity index (χ1v) is 9.49. The van der Waals surface area contributed by atoms with Gasteiger partial charge in [0.05, 0.1) is 6.04 Å². The van der Waals surface area contributed by atoms with Gasteiger partial charge in [-0.25, -0.2) is 0 Å². The number of carbonyl (C=O) groups is 1. The fourth-order valence-corrected chi connectivity index (χ4v) is 4.11. The number of rotatable bonds is 4. The normalized spacial score (nSPS) is 17.8. The Balaban J connectivity index is 1.44. The number of hydrogen-bond donors (Lipinski definition) is 2. The zero-order valence-corrected chi connectivity index (χ0v) is 14.4. The van der Waals surface area contributed by atoms with Gasteiger partial charge in [0.25, 0.3) is 5.91 Å². The van der Waals surface area contributed by atoms with Gasteiger partial charge in [-0.3, -0.25) is 14.8 Å². The van der Waals surface area contributed by atoms with E-state index in [-0.39, 0.29) is 5.91 Å². The summed E-state index contributed by atoms with van der Waals surface area (Å²) in [5.41, 5.74) is 1.42. The van der Waals surface area contributed by atoms with Crippen molar-refractivity contribution in [3.63, 3.8) is 0 Å². The number of nitrogens with one attached hydrogen (secondary N) is 2. The summed E-state index contributed by atoms with van der Waals surface area (Å²) in [6, 6.07) is 4.04. The maximum Gasteiger partial charge on any atom is 0.277 e. The maximum atomic E-state index is 12.3. The lowest BCUT2D eigenvalue weighted by atomic mass is 10.1. The molecule has 2 N–H and O–H groups in total. The van der Waals surface area contributed by atoms with E-state index < -0.39 is 0 Å². The third-order valence-electron chi connectivity index (χ3n) is 3.90. The molecule has 1 aliphatic rings. The molecule has 3 aromatic heterocycles. The zero-order chi connectivity index (χ0) is 16.4. The highest BCUT2D eigenvalue weighted by Crippen LogP contribution is 2.28. The minimum absolute atomic E-state index is 0.259. The molecule has 0 bridgehead atoms. The van der Waals surface area contributed by atoms with Crippen molar-refractivity contribution in [3.8, 4) is 10.6 Å². The second-order valence-electron chi connectivity index (χ2n) is 5.56. The van der Waals surface area contributed by atoms with Crippen LogP contribution in [0, 0.1) is 0 Å². The largest absolute Gasteiger partial charge is 0.315 e. The molecule has 0 spiro atoms. The summed E-state index contributed by atoms with van der Waals surface area (Å²) >= 11 is 2.96. The number of piperidine rings is 1. The second kappa shape index (κ2) is 6.80. The van der Waals surface area contributed by atoms with Crippen molar-refractivity contribution >= 4 is 33.7 Å². The Bertz CT molecular complexity index is 819. The van der Waals surface area contributed by atoms with Crippen molar-refractivity contribution in [1.29, 1.82) is 0 Å². The fourth-order valence-electron chi connectivity index (χ4n) is 2.66. The van der Waals surface area contributed by atoms with Gasteiger partial charge in [-0.05, 0) is 36.9 Å². The van der Waals surface area contributed by atoms with Crippen LogP contribution in [-0.4, -0.2) is 39.0 Å². The lowest BCUT2D eigenvalue weighted by Crippen LogP contribution is -2.32. The van der Waals surface area contributed by atoms with Crippen LogP contribution in [0.1, 0.15) is 29.4 Å². The third kappa shape index (κ3) is 3.23. The van der Waals surface area contributed by atoms with Crippen molar-refractivity contribution in [1.82, 2.24) is 25.3 Å². The smallest absolute Gasteiger partial charge is 0.277 e. The topological polar surface area (TPSA) is 84.7 Å². The summed E-state index contributed by atoms with van der Waals surface area (Å²) in [5.74, 6) is -0.259. The first kappa shape index (κ1) is 15.4. The first-order chi connectivity index (χ1) is 11.8. The predicted octanol–water partition coefficient (Wildman–Crippen LogP) is 2.64. The van der Waals surface area contributed by atoms with Gasteiger partial charge in [-0.1, -0.05) is 11.3 Å². The first-order valence-electron chi connectivity index (χ1n) is 7.73. The summed E-state index contributed by atoms with van der Waals surface area (Å²) in [6.45, 7) is 1.94. The van der Waals surface area contributed by atoms with Crippen LogP contribution in [0.25, 0.3) is 10.6 Å². The van der Waals surface area contributed by atoms with Crippen molar-refractivity contribution in [2.45, 2.75) is 18.9 Å². The minimum atomic E-state index is -0.259. The van der Waals surface area contributed by atoms with Crippen LogP contribution >= 0.6 is 22.7 Å². The minimum Gasteiger partial charge on any atom is -0.315 e. The van der Waals surface area contributed by atoms with Gasteiger partial charge in [0.1, 0.15) is 5.01 Å². The van der Waals surface area contributed by atoms with Crippen LogP contribution in [0.4, 0.5) is 5.13 Å². The number of anilines is 1. The number of nitrogens with zero attached hydrogens (tertiary/aromatic N) is 4. The fraction of sp³-hybridized carbons (Fsp3) is 0.333. The highest BCUT2D eigenvalue weighted by atomic mass is 32.1. The molecule has 4 heterocycles. The standard InChI is InChI=1S/C15H16N6OS2/c22-13(12-3-6-21(20-12)11-2-1-5-16-8-11)17-15-19-18-14(24-15)10-4-7-23-9-10/h3-4,6-7,9,11,16H,1-2,5,8H2,(H,17,19,22). The molecule has 24 heavy (non-hydrogen) atoms. The number of hydrogen-bond acceptors (Lipinski definition) is 7. The van der Waals surface area contributed by atoms with Crippen molar-refractivity contribution in [3.05, 3.63) is 34.8 Å². The summed E-state index contributed by atoms with van der Waals surface area (Å²) in [4.78, 5) is 12.3. The van der Waals surface area contributed by atoms with Crippen molar-refractivity contribution < 1.29 is 4.79 Å². The molecule has 4 rings (SSSR count). The molecule has 124 valence electrons. The van der Waals surface area contributed by atoms with Crippen molar-refractivity contribution in [2.24, 2.45) is 0 Å². The number of carbonyl (C=O) groups excluding carboxylic acids is 1. The van der Waals surface area contributed by atoms with Gasteiger partial charge < -0.3 is 5.32 Å². The van der Waals surface area contributed by atoms with Gasteiger partial charge in [-0.2, -0.15) is 16.4 Å². The third-order valence-corrected chi connectivity index (χ3v) is 5.47. The van der Waals surface area contributed by atoms with Gasteiger partial charge in [0.15, 0.2) is 5.69 Å². The van der Waals surface area contributed by atoms with Crippen molar-refractivity contribution in [2.75, 3.05) is 18.4 Å². The average molecular weight is 360 g/mol. The van der Waals surface area contributed by atoms with E-state index in [0.29, 0.717) is 16.9 Å². The molecule has 0 aliphatic carbocycles. The molecule has 0 saturated carbocycles. The van der Waals surface area contributed by atoms with Crippen LogP contribution < -0.4 is 10.6 Å². The monoisotopic (exact) mass is 360 g/mol. The highest BCUT2D eigenvalue weighted by molar-refractivity contribution is 7.19. The quantitative estimate of drug-likeness (QED) is 0.747. The lowest BCUT2D eigenvalue weighted by molar-refractivity contribution is 0.102. The molecule has 1 amide bonds. The van der Waals surface area contributed by atoms with E-state index in [1.54, 1.807) is 17.4 Å². The number of amides is 1. The molecule has 3 aromatic rings. The Kier molecular flexibility index (Phi) is 4.37. The molecule has 1 fully saturated rings. The maximum absolute atomic E-state index is 12.3. The molecule has 7 nitrogen and oxygen atoms in total. The average Bonchev–Trinajstić information content (AvgIpc) is 3.36. The lowest BCUT2D eigenvalue weighted by Gasteiger charge is -2.22.